The van der Waals surface area contributed by atoms with Gasteiger partial charge in [0.15, 0.2) is 0 Å². The molecule has 0 atom stereocenters. The van der Waals surface area contributed by atoms with Gasteiger partial charge in [0.25, 0.3) is 0 Å². The predicted molar refractivity (Wildman–Crippen MR) is 124 cm³/mol. The zero-order valence-corrected chi connectivity index (χ0v) is 18.2. The summed E-state index contributed by atoms with van der Waals surface area (Å²) >= 11 is 0. The standard InChI is InChI=1S/C25H36N4/c1-22-4-8-24(9-5-22)28-18-14-26(15-19-28)12-3-13-27-16-20-29(21-17-27)25-10-6-23(2)7-11-25/h4-11H,3,12-21H2,1-2H3. The Kier molecular flexibility index (Phi) is 6.73. The molecule has 29 heavy (non-hydrogen) atoms. The molecule has 2 saturated heterocycles. The molecular weight excluding hydrogens is 356 g/mol. The second kappa shape index (κ2) is 9.64. The van der Waals surface area contributed by atoms with Gasteiger partial charge in [0.05, 0.1) is 0 Å². The van der Waals surface area contributed by atoms with Crippen LogP contribution in [-0.4, -0.2) is 75.2 Å². The molecule has 4 nitrogen and oxygen atoms in total. The van der Waals surface area contributed by atoms with Crippen LogP contribution in [0.1, 0.15) is 17.5 Å². The van der Waals surface area contributed by atoms with Gasteiger partial charge in [-0.15, -0.1) is 0 Å². The fourth-order valence-corrected chi connectivity index (χ4v) is 4.49. The van der Waals surface area contributed by atoms with Crippen molar-refractivity contribution in [3.8, 4) is 0 Å². The summed E-state index contributed by atoms with van der Waals surface area (Å²) in [6.07, 6.45) is 1.29. The maximum Gasteiger partial charge on any atom is 0.0367 e. The van der Waals surface area contributed by atoms with Gasteiger partial charge in [0.1, 0.15) is 0 Å². The largest absolute Gasteiger partial charge is 0.369 e. The molecule has 0 aromatic heterocycles. The van der Waals surface area contributed by atoms with Crippen LogP contribution in [0.3, 0.4) is 0 Å². The Hall–Kier alpha value is -2.04. The molecule has 0 saturated carbocycles. The lowest BCUT2D eigenvalue weighted by molar-refractivity contribution is 0.213. The fraction of sp³-hybridized carbons (Fsp3) is 0.520. The Morgan fingerprint density at radius 3 is 1.21 bits per heavy atom. The molecule has 0 bridgehead atoms. The summed E-state index contributed by atoms with van der Waals surface area (Å²) in [6.45, 7) is 16.1. The summed E-state index contributed by atoms with van der Waals surface area (Å²) in [4.78, 5) is 10.3. The van der Waals surface area contributed by atoms with Crippen molar-refractivity contribution in [2.24, 2.45) is 0 Å². The van der Waals surface area contributed by atoms with Crippen LogP contribution < -0.4 is 9.80 Å². The maximum absolute atomic E-state index is 2.65. The maximum atomic E-state index is 2.65. The number of hydrogen-bond donors (Lipinski definition) is 0. The van der Waals surface area contributed by atoms with Crippen LogP contribution in [0.15, 0.2) is 48.5 Å². The number of rotatable bonds is 6. The first kappa shape index (κ1) is 20.2. The summed E-state index contributed by atoms with van der Waals surface area (Å²) in [6, 6.07) is 18.0. The van der Waals surface area contributed by atoms with Crippen LogP contribution in [0.5, 0.6) is 0 Å². The molecule has 2 heterocycles. The van der Waals surface area contributed by atoms with E-state index in [1.807, 2.05) is 0 Å². The number of piperazine rings is 2. The topological polar surface area (TPSA) is 13.0 Å². The highest BCUT2D eigenvalue weighted by atomic mass is 15.3. The first-order chi connectivity index (χ1) is 14.2. The molecule has 0 amide bonds. The van der Waals surface area contributed by atoms with E-state index in [0.717, 1.165) is 26.2 Å². The SMILES string of the molecule is Cc1ccc(N2CCN(CCCN3CCN(c4ccc(C)cc4)CC3)CC2)cc1. The van der Waals surface area contributed by atoms with Crippen molar-refractivity contribution in [2.75, 3.05) is 75.2 Å². The van der Waals surface area contributed by atoms with E-state index in [2.05, 4.69) is 82.0 Å². The van der Waals surface area contributed by atoms with Crippen molar-refractivity contribution in [1.29, 1.82) is 0 Å². The minimum absolute atomic E-state index is 1.15. The van der Waals surface area contributed by atoms with Crippen LogP contribution >= 0.6 is 0 Å². The second-order valence-corrected chi connectivity index (χ2v) is 8.68. The molecule has 2 aliphatic heterocycles. The van der Waals surface area contributed by atoms with E-state index >= 15 is 0 Å². The number of nitrogens with zero attached hydrogens (tertiary/aromatic N) is 4. The first-order valence-electron chi connectivity index (χ1n) is 11.3. The quantitative estimate of drug-likeness (QED) is 0.744. The van der Waals surface area contributed by atoms with Gasteiger partial charge < -0.3 is 9.80 Å². The monoisotopic (exact) mass is 392 g/mol. The third kappa shape index (κ3) is 5.52. The van der Waals surface area contributed by atoms with Gasteiger partial charge in [-0.05, 0) is 57.6 Å². The van der Waals surface area contributed by atoms with Crippen molar-refractivity contribution < 1.29 is 0 Å². The average molecular weight is 393 g/mol. The Morgan fingerprint density at radius 1 is 0.517 bits per heavy atom. The Bertz CT molecular complexity index is 674. The van der Waals surface area contributed by atoms with Gasteiger partial charge in [-0.3, -0.25) is 9.80 Å². The fourth-order valence-electron chi connectivity index (χ4n) is 4.49. The van der Waals surface area contributed by atoms with E-state index in [0.29, 0.717) is 0 Å². The zero-order chi connectivity index (χ0) is 20.1. The van der Waals surface area contributed by atoms with Crippen LogP contribution in [0.25, 0.3) is 0 Å². The van der Waals surface area contributed by atoms with E-state index < -0.39 is 0 Å². The van der Waals surface area contributed by atoms with Gasteiger partial charge in [-0.25, -0.2) is 0 Å². The first-order valence-corrected chi connectivity index (χ1v) is 11.3. The summed E-state index contributed by atoms with van der Waals surface area (Å²) in [5.41, 5.74) is 5.43. The highest BCUT2D eigenvalue weighted by molar-refractivity contribution is 5.48. The molecule has 0 aliphatic carbocycles. The summed E-state index contributed by atoms with van der Waals surface area (Å²) in [5.74, 6) is 0. The molecule has 156 valence electrons. The molecule has 0 unspecified atom stereocenters. The lowest BCUT2D eigenvalue weighted by atomic mass is 10.2. The molecule has 2 fully saturated rings. The van der Waals surface area contributed by atoms with Crippen LogP contribution in [0, 0.1) is 13.8 Å². The minimum Gasteiger partial charge on any atom is -0.369 e. The Balaban J connectivity index is 1.13. The van der Waals surface area contributed by atoms with E-state index in [4.69, 9.17) is 0 Å². The third-order valence-electron chi connectivity index (χ3n) is 6.49. The molecule has 0 N–H and O–H groups in total. The van der Waals surface area contributed by atoms with Crippen molar-refractivity contribution in [3.63, 3.8) is 0 Å². The number of anilines is 2. The van der Waals surface area contributed by atoms with Crippen molar-refractivity contribution in [1.82, 2.24) is 9.80 Å². The average Bonchev–Trinajstić information content (AvgIpc) is 2.76. The summed E-state index contributed by atoms with van der Waals surface area (Å²) < 4.78 is 0. The van der Waals surface area contributed by atoms with E-state index in [9.17, 15) is 0 Å². The molecule has 2 aliphatic rings. The molecule has 4 heteroatoms. The van der Waals surface area contributed by atoms with Gasteiger partial charge in [-0.1, -0.05) is 35.4 Å². The highest BCUT2D eigenvalue weighted by Crippen LogP contribution is 2.18. The second-order valence-electron chi connectivity index (χ2n) is 8.68. The number of aryl methyl sites for hydroxylation is 2. The zero-order valence-electron chi connectivity index (χ0n) is 18.2. The molecular formula is C25H36N4. The number of hydrogen-bond acceptors (Lipinski definition) is 4. The third-order valence-corrected chi connectivity index (χ3v) is 6.49. The van der Waals surface area contributed by atoms with E-state index in [1.54, 1.807) is 0 Å². The lowest BCUT2D eigenvalue weighted by Gasteiger charge is -2.38. The van der Waals surface area contributed by atoms with Crippen molar-refractivity contribution >= 4 is 11.4 Å². The van der Waals surface area contributed by atoms with E-state index in [1.165, 1.54) is 68.2 Å². The molecule has 2 aromatic carbocycles. The minimum atomic E-state index is 1.15. The van der Waals surface area contributed by atoms with Gasteiger partial charge in [0, 0.05) is 63.7 Å². The summed E-state index contributed by atoms with van der Waals surface area (Å²) in [7, 11) is 0. The van der Waals surface area contributed by atoms with Gasteiger partial charge in [-0.2, -0.15) is 0 Å². The normalized spacial score (nSPS) is 19.0. The smallest absolute Gasteiger partial charge is 0.0367 e. The molecule has 4 rings (SSSR count). The Morgan fingerprint density at radius 2 is 0.862 bits per heavy atom. The van der Waals surface area contributed by atoms with Crippen molar-refractivity contribution in [2.45, 2.75) is 20.3 Å². The predicted octanol–water partition coefficient (Wildman–Crippen LogP) is 3.64. The number of benzene rings is 2. The van der Waals surface area contributed by atoms with Crippen LogP contribution in [0.2, 0.25) is 0 Å². The van der Waals surface area contributed by atoms with Crippen LogP contribution in [0.4, 0.5) is 11.4 Å². The highest BCUT2D eigenvalue weighted by Gasteiger charge is 2.19. The van der Waals surface area contributed by atoms with Gasteiger partial charge in [0.2, 0.25) is 0 Å². The molecule has 2 aromatic rings. The summed E-state index contributed by atoms with van der Waals surface area (Å²) in [5, 5.41) is 0. The van der Waals surface area contributed by atoms with Crippen LogP contribution in [-0.2, 0) is 0 Å². The molecule has 0 spiro atoms. The van der Waals surface area contributed by atoms with Gasteiger partial charge >= 0.3 is 0 Å². The Labute approximate surface area is 176 Å². The van der Waals surface area contributed by atoms with E-state index in [-0.39, 0.29) is 0 Å². The lowest BCUT2D eigenvalue weighted by Crippen LogP contribution is -2.48. The molecule has 0 radical (unpaired) electrons. The van der Waals surface area contributed by atoms with Crippen molar-refractivity contribution in [3.05, 3.63) is 59.7 Å².